The second-order valence-electron chi connectivity index (χ2n) is 8.24. The second kappa shape index (κ2) is 9.34. The van der Waals surface area contributed by atoms with Crippen LogP contribution >= 0.6 is 0 Å². The van der Waals surface area contributed by atoms with E-state index in [1.807, 2.05) is 6.92 Å². The highest BCUT2D eigenvalue weighted by Gasteiger charge is 2.40. The summed E-state index contributed by atoms with van der Waals surface area (Å²) >= 11 is 0. The summed E-state index contributed by atoms with van der Waals surface area (Å²) in [5, 5.41) is 10.1. The molecule has 1 N–H and O–H groups in total. The van der Waals surface area contributed by atoms with E-state index in [1.54, 1.807) is 23.5 Å². The molecule has 0 bridgehead atoms. The number of nitrogens with zero attached hydrogens (tertiary/aromatic N) is 3. The van der Waals surface area contributed by atoms with Gasteiger partial charge in [0.15, 0.2) is 0 Å². The van der Waals surface area contributed by atoms with Gasteiger partial charge in [0, 0.05) is 42.2 Å². The first-order valence-electron chi connectivity index (χ1n) is 10.6. The first-order valence-corrected chi connectivity index (χ1v) is 10.6. The molecule has 0 unspecified atom stereocenters. The molecule has 0 radical (unpaired) electrons. The lowest BCUT2D eigenvalue weighted by Gasteiger charge is -2.42. The van der Waals surface area contributed by atoms with Crippen LogP contribution in [0.5, 0.6) is 0 Å². The second-order valence-corrected chi connectivity index (χ2v) is 8.24. The SMILES string of the molecule is CCN(C(=O)c1ccc([C@@H](C)C(F)(F)F)cc1)[C@H]1CC[C@](CO)(c2cnccn2)CC1. The molecular formula is C23H28F3N3O2. The number of aromatic nitrogens is 2. The maximum Gasteiger partial charge on any atom is 0.395 e. The largest absolute Gasteiger partial charge is 0.395 e. The predicted molar refractivity (Wildman–Crippen MR) is 111 cm³/mol. The van der Waals surface area contributed by atoms with Crippen molar-refractivity contribution in [3.63, 3.8) is 0 Å². The van der Waals surface area contributed by atoms with Gasteiger partial charge in [0.25, 0.3) is 5.91 Å². The van der Waals surface area contributed by atoms with E-state index in [0.717, 1.165) is 12.6 Å². The van der Waals surface area contributed by atoms with Gasteiger partial charge in [-0.1, -0.05) is 12.1 Å². The number of amides is 1. The normalized spacial score (nSPS) is 22.7. The third kappa shape index (κ3) is 4.89. The van der Waals surface area contributed by atoms with Crippen molar-refractivity contribution >= 4 is 5.91 Å². The molecule has 1 heterocycles. The van der Waals surface area contributed by atoms with E-state index in [2.05, 4.69) is 9.97 Å². The number of carbonyl (C=O) groups is 1. The zero-order valence-electron chi connectivity index (χ0n) is 17.8. The number of halogens is 3. The van der Waals surface area contributed by atoms with Crippen LogP contribution in [0, 0.1) is 0 Å². The first kappa shape index (κ1) is 23.2. The Bertz CT molecular complexity index is 864. The molecule has 5 nitrogen and oxygen atoms in total. The minimum Gasteiger partial charge on any atom is -0.395 e. The van der Waals surface area contributed by atoms with E-state index in [1.165, 1.54) is 24.3 Å². The van der Waals surface area contributed by atoms with Crippen molar-refractivity contribution in [2.45, 2.75) is 63.1 Å². The van der Waals surface area contributed by atoms with Gasteiger partial charge in [-0.25, -0.2) is 0 Å². The van der Waals surface area contributed by atoms with E-state index >= 15 is 0 Å². The molecule has 3 rings (SSSR count). The summed E-state index contributed by atoms with van der Waals surface area (Å²) in [5.41, 5.74) is 0.830. The van der Waals surface area contributed by atoms with Crippen molar-refractivity contribution < 1.29 is 23.1 Å². The quantitative estimate of drug-likeness (QED) is 0.727. The molecule has 1 aliphatic carbocycles. The Balaban J connectivity index is 1.71. The predicted octanol–water partition coefficient (Wildman–Crippen LogP) is 4.48. The summed E-state index contributed by atoms with van der Waals surface area (Å²) in [5.74, 6) is -1.76. The third-order valence-electron chi connectivity index (χ3n) is 6.51. The van der Waals surface area contributed by atoms with Crippen LogP contribution in [0.3, 0.4) is 0 Å². The molecule has 168 valence electrons. The third-order valence-corrected chi connectivity index (χ3v) is 6.51. The molecule has 2 aromatic rings. The number of hydrogen-bond acceptors (Lipinski definition) is 4. The summed E-state index contributed by atoms with van der Waals surface area (Å²) in [6.45, 7) is 3.48. The molecular weight excluding hydrogens is 407 g/mol. The van der Waals surface area contributed by atoms with Gasteiger partial charge in [-0.05, 0) is 57.2 Å². The summed E-state index contributed by atoms with van der Waals surface area (Å²) in [6, 6.07) is 5.71. The molecule has 1 fully saturated rings. The Morgan fingerprint density at radius 2 is 1.87 bits per heavy atom. The summed E-state index contributed by atoms with van der Waals surface area (Å²) in [7, 11) is 0. The first-order chi connectivity index (χ1) is 14.7. The lowest BCUT2D eigenvalue weighted by atomic mass is 9.70. The summed E-state index contributed by atoms with van der Waals surface area (Å²) in [4.78, 5) is 23.4. The van der Waals surface area contributed by atoms with Crippen molar-refractivity contribution in [2.24, 2.45) is 0 Å². The topological polar surface area (TPSA) is 66.3 Å². The summed E-state index contributed by atoms with van der Waals surface area (Å²) < 4.78 is 38.8. The highest BCUT2D eigenvalue weighted by molar-refractivity contribution is 5.94. The fourth-order valence-corrected chi connectivity index (χ4v) is 4.37. The Morgan fingerprint density at radius 3 is 2.35 bits per heavy atom. The molecule has 8 heteroatoms. The molecule has 0 aliphatic heterocycles. The van der Waals surface area contributed by atoms with Crippen molar-refractivity contribution in [1.29, 1.82) is 0 Å². The Hall–Kier alpha value is -2.48. The van der Waals surface area contributed by atoms with Gasteiger partial charge >= 0.3 is 6.18 Å². The van der Waals surface area contributed by atoms with Crippen molar-refractivity contribution in [1.82, 2.24) is 14.9 Å². The highest BCUT2D eigenvalue weighted by atomic mass is 19.4. The highest BCUT2D eigenvalue weighted by Crippen LogP contribution is 2.40. The average Bonchev–Trinajstić information content (AvgIpc) is 2.79. The van der Waals surface area contributed by atoms with Crippen LogP contribution in [-0.2, 0) is 5.41 Å². The van der Waals surface area contributed by atoms with E-state index < -0.39 is 17.5 Å². The summed E-state index contributed by atoms with van der Waals surface area (Å²) in [6.07, 6.45) is 3.35. The number of benzene rings is 1. The number of rotatable bonds is 6. The standard InChI is InChI=1S/C23H28F3N3O2/c1-3-29(21(31)18-6-4-17(5-7-18)16(2)23(24,25)26)19-8-10-22(15-30,11-9-19)20-14-27-12-13-28-20/h4-7,12-14,16,19,30H,3,8-11,15H2,1-2H3/t16-,19-,22-/m1/s1. The molecule has 1 amide bonds. The minimum atomic E-state index is -4.31. The van der Waals surface area contributed by atoms with Gasteiger partial charge < -0.3 is 10.0 Å². The molecule has 1 aromatic carbocycles. The molecule has 0 saturated heterocycles. The zero-order chi connectivity index (χ0) is 22.6. The van der Waals surface area contributed by atoms with Crippen LogP contribution < -0.4 is 0 Å². The van der Waals surface area contributed by atoms with Gasteiger partial charge in [-0.15, -0.1) is 0 Å². The fourth-order valence-electron chi connectivity index (χ4n) is 4.37. The maximum atomic E-state index is 13.1. The molecule has 1 saturated carbocycles. The van der Waals surface area contributed by atoms with E-state index in [0.29, 0.717) is 37.8 Å². The molecule has 31 heavy (non-hydrogen) atoms. The van der Waals surface area contributed by atoms with Crippen molar-refractivity contribution in [3.05, 3.63) is 59.7 Å². The number of aliphatic hydroxyl groups is 1. The van der Waals surface area contributed by atoms with Crippen LogP contribution in [0.4, 0.5) is 13.2 Å². The number of alkyl halides is 3. The monoisotopic (exact) mass is 435 g/mol. The Labute approximate surface area is 180 Å². The smallest absolute Gasteiger partial charge is 0.395 e. The van der Waals surface area contributed by atoms with Gasteiger partial charge in [-0.3, -0.25) is 14.8 Å². The van der Waals surface area contributed by atoms with Gasteiger partial charge in [0.1, 0.15) is 0 Å². The minimum absolute atomic E-state index is 0.00243. The molecule has 1 aliphatic rings. The van der Waals surface area contributed by atoms with Crippen LogP contribution in [0.1, 0.15) is 67.1 Å². The van der Waals surface area contributed by atoms with Gasteiger partial charge in [0.05, 0.1) is 18.2 Å². The maximum absolute atomic E-state index is 13.1. The average molecular weight is 435 g/mol. The molecule has 1 aromatic heterocycles. The van der Waals surface area contributed by atoms with Crippen LogP contribution in [0.25, 0.3) is 0 Å². The number of hydrogen-bond donors (Lipinski definition) is 1. The lowest BCUT2D eigenvalue weighted by Crippen LogP contribution is -2.46. The van der Waals surface area contributed by atoms with E-state index in [-0.39, 0.29) is 24.1 Å². The van der Waals surface area contributed by atoms with Gasteiger partial charge in [0.2, 0.25) is 0 Å². The molecule has 1 atom stereocenters. The zero-order valence-corrected chi connectivity index (χ0v) is 17.8. The van der Waals surface area contributed by atoms with E-state index in [4.69, 9.17) is 0 Å². The Morgan fingerprint density at radius 1 is 1.23 bits per heavy atom. The lowest BCUT2D eigenvalue weighted by molar-refractivity contribution is -0.146. The van der Waals surface area contributed by atoms with Crippen LogP contribution in [-0.4, -0.2) is 51.3 Å². The number of aliphatic hydroxyl groups excluding tert-OH is 1. The molecule has 0 spiro atoms. The van der Waals surface area contributed by atoms with Crippen LogP contribution in [0.2, 0.25) is 0 Å². The van der Waals surface area contributed by atoms with E-state index in [9.17, 15) is 23.1 Å². The van der Waals surface area contributed by atoms with Crippen molar-refractivity contribution in [3.8, 4) is 0 Å². The number of carbonyl (C=O) groups excluding carboxylic acids is 1. The van der Waals surface area contributed by atoms with Gasteiger partial charge in [-0.2, -0.15) is 13.2 Å². The Kier molecular flexibility index (Phi) is 6.99. The fraction of sp³-hybridized carbons (Fsp3) is 0.522. The van der Waals surface area contributed by atoms with Crippen molar-refractivity contribution in [2.75, 3.05) is 13.2 Å². The van der Waals surface area contributed by atoms with Crippen LogP contribution in [0.15, 0.2) is 42.9 Å².